The van der Waals surface area contributed by atoms with E-state index in [1.165, 1.54) is 22.8 Å². The van der Waals surface area contributed by atoms with Crippen LogP contribution in [0.1, 0.15) is 19.4 Å². The number of fused-ring (bicyclic) bond motifs is 2. The van der Waals surface area contributed by atoms with Gasteiger partial charge in [0.2, 0.25) is 10.0 Å². The van der Waals surface area contributed by atoms with Crippen molar-refractivity contribution in [2.45, 2.75) is 30.8 Å². The average Bonchev–Trinajstić information content (AvgIpc) is 3.13. The second-order valence-corrected chi connectivity index (χ2v) is 9.35. The third kappa shape index (κ3) is 3.75. The summed E-state index contributed by atoms with van der Waals surface area (Å²) in [5, 5.41) is 0. The predicted molar refractivity (Wildman–Crippen MR) is 107 cm³/mol. The van der Waals surface area contributed by atoms with Gasteiger partial charge in [0.1, 0.15) is 12.2 Å². The highest BCUT2D eigenvalue weighted by Crippen LogP contribution is 2.41. The Kier molecular flexibility index (Phi) is 4.66. The van der Waals surface area contributed by atoms with Gasteiger partial charge >= 0.3 is 5.76 Å². The van der Waals surface area contributed by atoms with Crippen LogP contribution in [0.25, 0.3) is 11.1 Å². The van der Waals surface area contributed by atoms with Gasteiger partial charge in [-0.2, -0.15) is 0 Å². The predicted octanol–water partition coefficient (Wildman–Crippen LogP) is 2.20. The molecule has 1 aliphatic rings. The highest BCUT2D eigenvalue weighted by atomic mass is 32.2. The average molecular weight is 418 g/mol. The van der Waals surface area contributed by atoms with E-state index in [1.54, 1.807) is 13.1 Å². The molecule has 0 bridgehead atoms. The molecule has 0 amide bonds. The monoisotopic (exact) mass is 418 g/mol. The number of aryl methyl sites for hydroxylation is 1. The van der Waals surface area contributed by atoms with Crippen LogP contribution in [0.5, 0.6) is 11.5 Å². The lowest BCUT2D eigenvalue weighted by molar-refractivity contribution is 0.132. The zero-order valence-electron chi connectivity index (χ0n) is 16.4. The standard InChI is InChI=1S/C20H22N2O6S/c1-20(2)12-13-5-4-6-16(18(13)28-20)26-10-9-21-29(24,25)14-7-8-15-17(11-14)27-19(23)22(15)3/h4-8,11,21H,9-10,12H2,1-3H3. The van der Waals surface area contributed by atoms with Crippen LogP contribution in [0, 0.1) is 0 Å². The molecule has 29 heavy (non-hydrogen) atoms. The number of hydrogen-bond acceptors (Lipinski definition) is 6. The molecular formula is C20H22N2O6S. The van der Waals surface area contributed by atoms with Gasteiger partial charge in [-0.3, -0.25) is 4.57 Å². The van der Waals surface area contributed by atoms with Gasteiger partial charge in [0.25, 0.3) is 0 Å². The van der Waals surface area contributed by atoms with Crippen molar-refractivity contribution in [3.8, 4) is 11.5 Å². The van der Waals surface area contributed by atoms with Gasteiger partial charge in [0, 0.05) is 31.6 Å². The number of nitrogens with one attached hydrogen (secondary N) is 1. The first-order valence-corrected chi connectivity index (χ1v) is 10.7. The fourth-order valence-corrected chi connectivity index (χ4v) is 4.43. The molecule has 3 aromatic rings. The summed E-state index contributed by atoms with van der Waals surface area (Å²) in [6.45, 7) is 4.24. The van der Waals surface area contributed by atoms with Gasteiger partial charge in [-0.25, -0.2) is 17.9 Å². The summed E-state index contributed by atoms with van der Waals surface area (Å²) in [4.78, 5) is 11.6. The van der Waals surface area contributed by atoms with Crippen LogP contribution in [0.2, 0.25) is 0 Å². The molecule has 0 atom stereocenters. The van der Waals surface area contributed by atoms with Gasteiger partial charge in [-0.15, -0.1) is 0 Å². The van der Waals surface area contributed by atoms with E-state index in [0.29, 0.717) is 17.0 Å². The zero-order valence-corrected chi connectivity index (χ0v) is 17.2. The smallest absolute Gasteiger partial charge is 0.419 e. The van der Waals surface area contributed by atoms with Gasteiger partial charge < -0.3 is 13.9 Å². The van der Waals surface area contributed by atoms with Crippen molar-refractivity contribution in [3.63, 3.8) is 0 Å². The van der Waals surface area contributed by atoms with Crippen molar-refractivity contribution in [2.24, 2.45) is 7.05 Å². The van der Waals surface area contributed by atoms with E-state index in [0.717, 1.165) is 12.0 Å². The number of para-hydroxylation sites is 1. The minimum Gasteiger partial charge on any atom is -0.488 e. The first kappa shape index (κ1) is 19.5. The molecule has 0 saturated heterocycles. The van der Waals surface area contributed by atoms with Crippen LogP contribution >= 0.6 is 0 Å². The molecule has 154 valence electrons. The highest BCUT2D eigenvalue weighted by molar-refractivity contribution is 7.89. The number of oxazole rings is 1. The van der Waals surface area contributed by atoms with Gasteiger partial charge in [0.15, 0.2) is 17.1 Å². The van der Waals surface area contributed by atoms with E-state index >= 15 is 0 Å². The van der Waals surface area contributed by atoms with Crippen LogP contribution in [0.3, 0.4) is 0 Å². The van der Waals surface area contributed by atoms with Crippen LogP contribution < -0.4 is 20.0 Å². The SMILES string of the molecule is Cn1c(=O)oc2cc(S(=O)(=O)NCCOc3cccc4c3OC(C)(C)C4)ccc21. The fourth-order valence-electron chi connectivity index (χ4n) is 3.40. The molecule has 2 aromatic carbocycles. The molecule has 8 nitrogen and oxygen atoms in total. The summed E-state index contributed by atoms with van der Waals surface area (Å²) in [5.74, 6) is 0.765. The van der Waals surface area contributed by atoms with E-state index < -0.39 is 15.8 Å². The van der Waals surface area contributed by atoms with Crippen molar-refractivity contribution < 1.29 is 22.3 Å². The first-order chi connectivity index (χ1) is 13.7. The lowest BCUT2D eigenvalue weighted by Gasteiger charge is -2.18. The van der Waals surface area contributed by atoms with Crippen molar-refractivity contribution in [3.05, 3.63) is 52.5 Å². The number of ether oxygens (including phenoxy) is 2. The molecule has 0 saturated carbocycles. The largest absolute Gasteiger partial charge is 0.488 e. The molecule has 4 rings (SSSR count). The molecule has 0 fully saturated rings. The topological polar surface area (TPSA) is 99.8 Å². The normalized spacial score (nSPS) is 15.3. The summed E-state index contributed by atoms with van der Waals surface area (Å²) in [7, 11) is -2.21. The first-order valence-electron chi connectivity index (χ1n) is 9.19. The number of benzene rings is 2. The van der Waals surface area contributed by atoms with Crippen LogP contribution in [0.4, 0.5) is 0 Å². The minimum absolute atomic E-state index is 0.0186. The van der Waals surface area contributed by atoms with E-state index in [2.05, 4.69) is 4.72 Å². The summed E-state index contributed by atoms with van der Waals surface area (Å²) < 4.78 is 45.6. The molecular weight excluding hydrogens is 396 g/mol. The van der Waals surface area contributed by atoms with Crippen molar-refractivity contribution in [1.82, 2.24) is 9.29 Å². The van der Waals surface area contributed by atoms with E-state index in [4.69, 9.17) is 13.9 Å². The van der Waals surface area contributed by atoms with Crippen LogP contribution in [0.15, 0.2) is 50.5 Å². The molecule has 0 aliphatic carbocycles. The molecule has 0 unspecified atom stereocenters. The maximum absolute atomic E-state index is 12.5. The second-order valence-electron chi connectivity index (χ2n) is 7.59. The third-order valence-electron chi connectivity index (χ3n) is 4.78. The Morgan fingerprint density at radius 2 is 2.03 bits per heavy atom. The summed E-state index contributed by atoms with van der Waals surface area (Å²) in [6, 6.07) is 10.0. The molecule has 1 aromatic heterocycles. The Balaban J connectivity index is 1.41. The van der Waals surface area contributed by atoms with Crippen molar-refractivity contribution >= 4 is 21.1 Å². The van der Waals surface area contributed by atoms with E-state index in [9.17, 15) is 13.2 Å². The molecule has 1 aliphatic heterocycles. The molecule has 9 heteroatoms. The zero-order chi connectivity index (χ0) is 20.8. The Hall–Kier alpha value is -2.78. The summed E-state index contributed by atoms with van der Waals surface area (Å²) in [5.41, 5.74) is 1.54. The van der Waals surface area contributed by atoms with Crippen LogP contribution in [-0.4, -0.2) is 31.7 Å². The fraction of sp³-hybridized carbons (Fsp3) is 0.350. The van der Waals surface area contributed by atoms with E-state index in [1.807, 2.05) is 26.0 Å². The van der Waals surface area contributed by atoms with E-state index in [-0.39, 0.29) is 29.2 Å². The number of rotatable bonds is 6. The van der Waals surface area contributed by atoms with Crippen molar-refractivity contribution in [1.29, 1.82) is 0 Å². The summed E-state index contributed by atoms with van der Waals surface area (Å²) in [6.07, 6.45) is 0.796. The molecule has 1 N–H and O–H groups in total. The van der Waals surface area contributed by atoms with Gasteiger partial charge in [-0.05, 0) is 32.0 Å². The lowest BCUT2D eigenvalue weighted by atomic mass is 10.0. The molecule has 0 radical (unpaired) electrons. The van der Waals surface area contributed by atoms with Gasteiger partial charge in [0.05, 0.1) is 10.4 Å². The third-order valence-corrected chi connectivity index (χ3v) is 6.24. The Bertz CT molecular complexity index is 1240. The van der Waals surface area contributed by atoms with Crippen LogP contribution in [-0.2, 0) is 23.5 Å². The lowest BCUT2D eigenvalue weighted by Crippen LogP contribution is -2.28. The van der Waals surface area contributed by atoms with Crippen molar-refractivity contribution in [2.75, 3.05) is 13.2 Å². The molecule has 0 spiro atoms. The number of aromatic nitrogens is 1. The number of hydrogen-bond donors (Lipinski definition) is 1. The Morgan fingerprint density at radius 1 is 1.24 bits per heavy atom. The number of sulfonamides is 1. The minimum atomic E-state index is -3.77. The number of nitrogens with zero attached hydrogens (tertiary/aromatic N) is 1. The summed E-state index contributed by atoms with van der Waals surface area (Å²) >= 11 is 0. The maximum atomic E-state index is 12.5. The van der Waals surface area contributed by atoms with Gasteiger partial charge in [-0.1, -0.05) is 12.1 Å². The Morgan fingerprint density at radius 3 is 2.83 bits per heavy atom. The highest BCUT2D eigenvalue weighted by Gasteiger charge is 2.32. The second kappa shape index (κ2) is 6.93. The molecule has 2 heterocycles. The Labute approximate surface area is 168 Å². The maximum Gasteiger partial charge on any atom is 0.419 e. The quantitative estimate of drug-likeness (QED) is 0.616.